The van der Waals surface area contributed by atoms with Crippen LogP contribution in [0.15, 0.2) is 77.8 Å². The molecular weight excluding hydrogens is 539 g/mol. The monoisotopic (exact) mass is 565 g/mol. The minimum absolute atomic E-state index is 0.0612. The Bertz CT molecular complexity index is 1570. The molecule has 4 aromatic rings. The molecule has 3 heterocycles. The number of anilines is 2. The molecule has 0 radical (unpaired) electrons. The van der Waals surface area contributed by atoms with Crippen molar-refractivity contribution >= 4 is 46.0 Å². The predicted octanol–water partition coefficient (Wildman–Crippen LogP) is 6.12. The lowest BCUT2D eigenvalue weighted by molar-refractivity contribution is -0.137. The molecule has 1 aromatic heterocycles. The molecule has 40 heavy (non-hydrogen) atoms. The first-order valence-electron chi connectivity index (χ1n) is 12.8. The molecule has 1 amide bonds. The van der Waals surface area contributed by atoms with Gasteiger partial charge in [-0.05, 0) is 36.4 Å². The van der Waals surface area contributed by atoms with Crippen molar-refractivity contribution in [3.8, 4) is 5.75 Å². The van der Waals surface area contributed by atoms with Crippen molar-refractivity contribution < 1.29 is 22.7 Å². The summed E-state index contributed by atoms with van der Waals surface area (Å²) in [6, 6.07) is 20.7. The van der Waals surface area contributed by atoms with E-state index < -0.39 is 23.2 Å². The van der Waals surface area contributed by atoms with E-state index in [0.717, 1.165) is 34.8 Å². The fraction of sp³-hybridized carbons (Fsp3) is 0.276. The van der Waals surface area contributed by atoms with Crippen LogP contribution in [0, 0.1) is 5.92 Å². The van der Waals surface area contributed by atoms with Gasteiger partial charge in [-0.15, -0.1) is 11.8 Å². The summed E-state index contributed by atoms with van der Waals surface area (Å²) >= 11 is 1.56. The number of nitrogens with zero attached hydrogens (tertiary/aromatic N) is 4. The first kappa shape index (κ1) is 26.2. The van der Waals surface area contributed by atoms with E-state index in [0.29, 0.717) is 42.2 Å². The number of hydrogen-bond donors (Lipinski definition) is 1. The predicted molar refractivity (Wildman–Crippen MR) is 151 cm³/mol. The number of hydrogen-bond acceptors (Lipinski definition) is 6. The van der Waals surface area contributed by atoms with Crippen LogP contribution < -0.4 is 14.5 Å². The number of fused-ring (bicyclic) bond motifs is 2. The summed E-state index contributed by atoms with van der Waals surface area (Å²) in [7, 11) is 1.64. The van der Waals surface area contributed by atoms with Gasteiger partial charge in [-0.1, -0.05) is 36.4 Å². The van der Waals surface area contributed by atoms with Crippen molar-refractivity contribution in [3.63, 3.8) is 0 Å². The molecule has 2 aliphatic heterocycles. The van der Waals surface area contributed by atoms with Crippen LogP contribution >= 0.6 is 11.8 Å². The molecule has 2 unspecified atom stereocenters. The van der Waals surface area contributed by atoms with E-state index in [1.807, 2.05) is 59.5 Å². The van der Waals surface area contributed by atoms with Gasteiger partial charge in [-0.2, -0.15) is 13.2 Å². The van der Waals surface area contributed by atoms with Crippen molar-refractivity contribution in [1.82, 2.24) is 9.97 Å². The van der Waals surface area contributed by atoms with Gasteiger partial charge in [0.2, 0.25) is 11.9 Å². The fourth-order valence-corrected chi connectivity index (χ4v) is 6.30. The minimum atomic E-state index is -4.44. The van der Waals surface area contributed by atoms with Crippen molar-refractivity contribution in [2.24, 2.45) is 10.9 Å². The standard InChI is InChI=1S/C29H26F3N5O2S/c1-39-25-10-6-5-7-18(25)17-40-28-35-22-13-14-36(16-21(22)26(38)37(28)20-8-3-2-4-9-20)27-33-23-12-11-19(29(30,31)32)15-24(23)34-27/h2-12,15,21,28H,13-14,16-17H2,1H3,(H,33,34). The van der Waals surface area contributed by atoms with Crippen LogP contribution in [-0.2, 0) is 16.7 Å². The Labute approximate surface area is 233 Å². The third kappa shape index (κ3) is 5.01. The molecule has 1 fully saturated rings. The Kier molecular flexibility index (Phi) is 6.91. The maximum atomic E-state index is 14.0. The first-order valence-corrected chi connectivity index (χ1v) is 13.9. The molecule has 3 aromatic carbocycles. The SMILES string of the molecule is COc1ccccc1CSC1N=C2CCN(c3nc4ccc(C(F)(F)F)cc4[nH]3)CC2C(=O)N1c1ccccc1. The van der Waals surface area contributed by atoms with Gasteiger partial charge < -0.3 is 14.6 Å². The molecule has 0 saturated carbocycles. The number of aromatic amines is 1. The Hall–Kier alpha value is -3.99. The molecule has 11 heteroatoms. The number of methoxy groups -OCH3 is 1. The lowest BCUT2D eigenvalue weighted by Gasteiger charge is -2.41. The molecular formula is C29H26F3N5O2S. The van der Waals surface area contributed by atoms with Crippen LogP contribution in [0.1, 0.15) is 17.5 Å². The van der Waals surface area contributed by atoms with Crippen LogP contribution in [0.25, 0.3) is 11.0 Å². The normalized spacial score (nSPS) is 19.5. The van der Waals surface area contributed by atoms with Crippen molar-refractivity contribution in [2.45, 2.75) is 23.8 Å². The number of amides is 1. The molecule has 206 valence electrons. The smallest absolute Gasteiger partial charge is 0.416 e. The van der Waals surface area contributed by atoms with Crippen LogP contribution in [0.3, 0.4) is 0 Å². The number of ether oxygens (including phenoxy) is 1. The number of aliphatic imine (C=N–C) groups is 1. The second kappa shape index (κ2) is 10.5. The number of para-hydroxylation sites is 2. The number of rotatable bonds is 6. The van der Waals surface area contributed by atoms with Crippen molar-refractivity contribution in [2.75, 3.05) is 30.0 Å². The number of alkyl halides is 3. The van der Waals surface area contributed by atoms with E-state index in [9.17, 15) is 18.0 Å². The number of piperidine rings is 1. The fourth-order valence-electron chi connectivity index (χ4n) is 5.15. The summed E-state index contributed by atoms with van der Waals surface area (Å²) in [6.45, 7) is 0.876. The highest BCUT2D eigenvalue weighted by atomic mass is 32.2. The lowest BCUT2D eigenvalue weighted by Crippen LogP contribution is -2.55. The highest BCUT2D eigenvalue weighted by Crippen LogP contribution is 2.37. The second-order valence-corrected chi connectivity index (χ2v) is 10.7. The Morgan fingerprint density at radius 3 is 2.62 bits per heavy atom. The summed E-state index contributed by atoms with van der Waals surface area (Å²) in [5, 5.41) is 0. The topological polar surface area (TPSA) is 73.8 Å². The number of imidazole rings is 1. The summed E-state index contributed by atoms with van der Waals surface area (Å²) in [5.74, 6) is 1.29. The number of carbonyl (C=O) groups excluding carboxylic acids is 1. The van der Waals surface area contributed by atoms with Crippen LogP contribution in [0.4, 0.5) is 24.8 Å². The summed E-state index contributed by atoms with van der Waals surface area (Å²) < 4.78 is 45.1. The number of thioether (sulfide) groups is 1. The molecule has 0 bridgehead atoms. The maximum absolute atomic E-state index is 14.0. The molecule has 0 spiro atoms. The number of nitrogens with one attached hydrogen (secondary N) is 1. The number of H-pyrrole nitrogens is 1. The van der Waals surface area contributed by atoms with E-state index in [1.54, 1.807) is 23.8 Å². The third-order valence-electron chi connectivity index (χ3n) is 7.19. The third-order valence-corrected chi connectivity index (χ3v) is 8.28. The molecule has 1 saturated heterocycles. The van der Waals surface area contributed by atoms with Crippen LogP contribution in [0.2, 0.25) is 0 Å². The van der Waals surface area contributed by atoms with E-state index in [-0.39, 0.29) is 5.91 Å². The lowest BCUT2D eigenvalue weighted by atomic mass is 9.92. The molecule has 6 rings (SSSR count). The number of carbonyl (C=O) groups is 1. The number of benzene rings is 3. The first-order chi connectivity index (χ1) is 19.3. The van der Waals surface area contributed by atoms with E-state index >= 15 is 0 Å². The van der Waals surface area contributed by atoms with E-state index in [1.165, 1.54) is 6.07 Å². The van der Waals surface area contributed by atoms with Crippen molar-refractivity contribution in [1.29, 1.82) is 0 Å². The average Bonchev–Trinajstić information content (AvgIpc) is 3.40. The number of halogens is 3. The Balaban J connectivity index is 1.28. The largest absolute Gasteiger partial charge is 0.496 e. The van der Waals surface area contributed by atoms with Gasteiger partial charge in [0.15, 0.2) is 5.50 Å². The van der Waals surface area contributed by atoms with Crippen LogP contribution in [-0.4, -0.2) is 47.3 Å². The maximum Gasteiger partial charge on any atom is 0.416 e. The zero-order valence-corrected chi connectivity index (χ0v) is 22.4. The average molecular weight is 566 g/mol. The van der Waals surface area contributed by atoms with Gasteiger partial charge in [0.25, 0.3) is 0 Å². The zero-order valence-electron chi connectivity index (χ0n) is 21.6. The van der Waals surface area contributed by atoms with Gasteiger partial charge in [0.1, 0.15) is 5.75 Å². The van der Waals surface area contributed by atoms with E-state index in [2.05, 4.69) is 9.97 Å². The van der Waals surface area contributed by atoms with Gasteiger partial charge >= 0.3 is 6.18 Å². The number of aromatic nitrogens is 2. The highest BCUT2D eigenvalue weighted by molar-refractivity contribution is 7.99. The van der Waals surface area contributed by atoms with E-state index in [4.69, 9.17) is 9.73 Å². The quantitative estimate of drug-likeness (QED) is 0.305. The molecule has 2 atom stereocenters. The summed E-state index contributed by atoms with van der Waals surface area (Å²) in [4.78, 5) is 30.3. The zero-order chi connectivity index (χ0) is 27.9. The highest BCUT2D eigenvalue weighted by Gasteiger charge is 2.42. The molecule has 1 N–H and O–H groups in total. The summed E-state index contributed by atoms with van der Waals surface area (Å²) in [6.07, 6.45) is -3.89. The van der Waals surface area contributed by atoms with Crippen LogP contribution in [0.5, 0.6) is 5.75 Å². The molecule has 7 nitrogen and oxygen atoms in total. The molecule has 2 aliphatic rings. The minimum Gasteiger partial charge on any atom is -0.496 e. The second-order valence-electron chi connectivity index (χ2n) is 9.65. The van der Waals surface area contributed by atoms with Gasteiger partial charge in [0.05, 0.1) is 29.6 Å². The Morgan fingerprint density at radius 2 is 1.85 bits per heavy atom. The summed E-state index contributed by atoms with van der Waals surface area (Å²) in [5.41, 5.74) is 2.18. The molecule has 0 aliphatic carbocycles. The van der Waals surface area contributed by atoms with Gasteiger partial charge in [-0.3, -0.25) is 14.7 Å². The van der Waals surface area contributed by atoms with Crippen molar-refractivity contribution in [3.05, 3.63) is 83.9 Å². The van der Waals surface area contributed by atoms with Gasteiger partial charge in [-0.25, -0.2) is 4.98 Å². The Morgan fingerprint density at radius 1 is 1.07 bits per heavy atom. The van der Waals surface area contributed by atoms with Gasteiger partial charge in [0, 0.05) is 42.2 Å².